The van der Waals surface area contributed by atoms with Gasteiger partial charge in [-0.1, -0.05) is 11.6 Å². The van der Waals surface area contributed by atoms with E-state index in [2.05, 4.69) is 9.97 Å². The molecule has 1 aliphatic heterocycles. The molecule has 1 aromatic rings. The summed E-state index contributed by atoms with van der Waals surface area (Å²) in [7, 11) is 0. The quantitative estimate of drug-likeness (QED) is 0.725. The number of rotatable bonds is 2. The van der Waals surface area contributed by atoms with Crippen molar-refractivity contribution in [1.82, 2.24) is 9.97 Å². The van der Waals surface area contributed by atoms with Crippen LogP contribution in [0.1, 0.15) is 6.42 Å². The van der Waals surface area contributed by atoms with Crippen LogP contribution in [0.5, 0.6) is 0 Å². The summed E-state index contributed by atoms with van der Waals surface area (Å²) in [6.45, 7) is 1.42. The predicted octanol–water partition coefficient (Wildman–Crippen LogP) is -0.0393. The fourth-order valence-corrected chi connectivity index (χ4v) is 1.75. The van der Waals surface area contributed by atoms with Crippen molar-refractivity contribution in [3.8, 4) is 0 Å². The molecule has 76 valence electrons. The number of nitrogens with zero attached hydrogens (tertiary/aromatic N) is 2. The second-order valence-corrected chi connectivity index (χ2v) is 3.62. The first kappa shape index (κ1) is 9.48. The maximum Gasteiger partial charge on any atom is 0.271 e. The van der Waals surface area contributed by atoms with Crippen molar-refractivity contribution in [2.45, 2.75) is 12.5 Å². The van der Waals surface area contributed by atoms with Crippen LogP contribution in [0.25, 0.3) is 0 Å². The van der Waals surface area contributed by atoms with Gasteiger partial charge in [-0.15, -0.1) is 0 Å². The lowest BCUT2D eigenvalue weighted by Gasteiger charge is -2.41. The summed E-state index contributed by atoms with van der Waals surface area (Å²) >= 11 is 5.83. The summed E-state index contributed by atoms with van der Waals surface area (Å²) in [5.74, 6) is 0.539. The van der Waals surface area contributed by atoms with Crippen molar-refractivity contribution in [2.75, 3.05) is 18.0 Å². The van der Waals surface area contributed by atoms with Gasteiger partial charge < -0.3 is 15.6 Å². The van der Waals surface area contributed by atoms with Gasteiger partial charge >= 0.3 is 0 Å². The van der Waals surface area contributed by atoms with Crippen molar-refractivity contribution in [3.63, 3.8) is 0 Å². The molecular weight excluding hydrogens is 204 g/mol. The molecule has 5 nitrogen and oxygen atoms in total. The monoisotopic (exact) mass is 214 g/mol. The fraction of sp³-hybridized carbons (Fsp3) is 0.500. The van der Waals surface area contributed by atoms with Gasteiger partial charge in [-0.2, -0.15) is 0 Å². The van der Waals surface area contributed by atoms with Gasteiger partial charge in [0.1, 0.15) is 5.02 Å². The lowest BCUT2D eigenvalue weighted by Crippen LogP contribution is -2.52. The van der Waals surface area contributed by atoms with Crippen molar-refractivity contribution < 1.29 is 0 Å². The van der Waals surface area contributed by atoms with Crippen molar-refractivity contribution >= 4 is 17.4 Å². The number of anilines is 1. The molecule has 2 rings (SSSR count). The summed E-state index contributed by atoms with van der Waals surface area (Å²) in [5, 5.41) is 0.144. The average Bonchev–Trinajstić information content (AvgIpc) is 2.12. The summed E-state index contributed by atoms with van der Waals surface area (Å²) in [5.41, 5.74) is 5.25. The van der Waals surface area contributed by atoms with Gasteiger partial charge in [0.25, 0.3) is 5.56 Å². The Morgan fingerprint density at radius 3 is 3.14 bits per heavy atom. The Balaban J connectivity index is 2.33. The predicted molar refractivity (Wildman–Crippen MR) is 54.7 cm³/mol. The molecule has 1 atom stereocenters. The van der Waals surface area contributed by atoms with Crippen molar-refractivity contribution in [3.05, 3.63) is 21.7 Å². The number of hydrogen-bond donors (Lipinski definition) is 2. The molecule has 0 spiro atoms. The maximum atomic E-state index is 11.2. The molecule has 0 aromatic carbocycles. The smallest absolute Gasteiger partial charge is 0.271 e. The van der Waals surface area contributed by atoms with Crippen LogP contribution in [0.2, 0.25) is 5.02 Å². The van der Waals surface area contributed by atoms with Crippen LogP contribution in [0, 0.1) is 0 Å². The Labute approximate surface area is 85.9 Å². The molecule has 6 heteroatoms. The van der Waals surface area contributed by atoms with E-state index in [0.717, 1.165) is 13.0 Å². The summed E-state index contributed by atoms with van der Waals surface area (Å²) in [4.78, 5) is 19.6. The van der Waals surface area contributed by atoms with Crippen LogP contribution in [0.3, 0.4) is 0 Å². The third-order valence-corrected chi connectivity index (χ3v) is 2.81. The van der Waals surface area contributed by atoms with E-state index in [1.807, 2.05) is 4.90 Å². The van der Waals surface area contributed by atoms with Gasteiger partial charge in [0, 0.05) is 19.1 Å². The lowest BCUT2D eigenvalue weighted by molar-refractivity contribution is 0.451. The fourth-order valence-electron chi connectivity index (χ4n) is 1.54. The Bertz CT molecular complexity index is 389. The third kappa shape index (κ3) is 1.38. The minimum atomic E-state index is -0.306. The van der Waals surface area contributed by atoms with Gasteiger partial charge in [-0.25, -0.2) is 4.98 Å². The van der Waals surface area contributed by atoms with Crippen LogP contribution in [-0.2, 0) is 0 Å². The first-order valence-electron chi connectivity index (χ1n) is 4.44. The Hall–Kier alpha value is -1.07. The maximum absolute atomic E-state index is 11.2. The van der Waals surface area contributed by atoms with E-state index in [4.69, 9.17) is 17.3 Å². The van der Waals surface area contributed by atoms with Gasteiger partial charge in [0.05, 0.1) is 6.33 Å². The van der Waals surface area contributed by atoms with E-state index >= 15 is 0 Å². The normalized spacial score (nSPS) is 20.7. The van der Waals surface area contributed by atoms with Gasteiger partial charge in [0.2, 0.25) is 0 Å². The highest BCUT2D eigenvalue weighted by Gasteiger charge is 2.29. The zero-order valence-electron chi connectivity index (χ0n) is 7.53. The van der Waals surface area contributed by atoms with Gasteiger partial charge in [-0.3, -0.25) is 4.79 Å². The molecule has 1 unspecified atom stereocenters. The van der Waals surface area contributed by atoms with Gasteiger partial charge in [-0.05, 0) is 6.42 Å². The minimum Gasteiger partial charge on any atom is -0.351 e. The molecule has 0 bridgehead atoms. The standard InChI is InChI=1S/C8H11ClN4O/c9-6-7(11-4-12-8(6)14)13-2-1-5(13)3-10/h4-5H,1-3,10H2,(H,11,12,14). The van der Waals surface area contributed by atoms with Gasteiger partial charge in [0.15, 0.2) is 5.82 Å². The number of nitrogens with two attached hydrogens (primary N) is 1. The number of hydrogen-bond acceptors (Lipinski definition) is 4. The Morgan fingerprint density at radius 1 is 1.79 bits per heavy atom. The minimum absolute atomic E-state index is 0.144. The van der Waals surface area contributed by atoms with Crippen LogP contribution in [0.15, 0.2) is 11.1 Å². The zero-order chi connectivity index (χ0) is 10.1. The second-order valence-electron chi connectivity index (χ2n) is 3.24. The van der Waals surface area contributed by atoms with Crippen molar-refractivity contribution in [2.24, 2.45) is 5.73 Å². The zero-order valence-corrected chi connectivity index (χ0v) is 8.29. The van der Waals surface area contributed by atoms with E-state index in [-0.39, 0.29) is 16.6 Å². The number of H-pyrrole nitrogens is 1. The number of nitrogens with one attached hydrogen (secondary N) is 1. The average molecular weight is 215 g/mol. The summed E-state index contributed by atoms with van der Waals surface area (Å²) in [6.07, 6.45) is 2.39. The van der Waals surface area contributed by atoms with Crippen LogP contribution in [-0.4, -0.2) is 29.1 Å². The number of aromatic amines is 1. The molecule has 14 heavy (non-hydrogen) atoms. The topological polar surface area (TPSA) is 75.0 Å². The summed E-state index contributed by atoms with van der Waals surface area (Å²) in [6, 6.07) is 0.266. The van der Waals surface area contributed by atoms with Crippen LogP contribution < -0.4 is 16.2 Å². The third-order valence-electron chi connectivity index (χ3n) is 2.47. The van der Waals surface area contributed by atoms with Crippen LogP contribution in [0.4, 0.5) is 5.82 Å². The molecule has 2 heterocycles. The number of aromatic nitrogens is 2. The first-order chi connectivity index (χ1) is 6.74. The highest BCUT2D eigenvalue weighted by molar-refractivity contribution is 6.32. The molecule has 0 amide bonds. The molecule has 0 aliphatic carbocycles. The Kier molecular flexibility index (Phi) is 2.43. The van der Waals surface area contributed by atoms with E-state index in [1.165, 1.54) is 6.33 Å². The molecule has 1 aliphatic rings. The molecule has 3 N–H and O–H groups in total. The van der Waals surface area contributed by atoms with E-state index in [1.54, 1.807) is 0 Å². The molecular formula is C8H11ClN4O. The molecule has 0 saturated carbocycles. The molecule has 1 aromatic heterocycles. The van der Waals surface area contributed by atoms with Crippen molar-refractivity contribution in [1.29, 1.82) is 0 Å². The molecule has 1 saturated heterocycles. The van der Waals surface area contributed by atoms with E-state index < -0.39 is 0 Å². The number of halogens is 1. The largest absolute Gasteiger partial charge is 0.351 e. The summed E-state index contributed by atoms with van der Waals surface area (Å²) < 4.78 is 0. The Morgan fingerprint density at radius 2 is 2.57 bits per heavy atom. The SMILES string of the molecule is NCC1CCN1c1nc[nH]c(=O)c1Cl. The second kappa shape index (κ2) is 3.59. The van der Waals surface area contributed by atoms with E-state index in [0.29, 0.717) is 12.4 Å². The molecule has 0 radical (unpaired) electrons. The molecule has 1 fully saturated rings. The highest BCUT2D eigenvalue weighted by atomic mass is 35.5. The highest BCUT2D eigenvalue weighted by Crippen LogP contribution is 2.27. The van der Waals surface area contributed by atoms with Crippen LogP contribution >= 0.6 is 11.6 Å². The lowest BCUT2D eigenvalue weighted by atomic mass is 10.0. The van der Waals surface area contributed by atoms with E-state index in [9.17, 15) is 4.79 Å². The first-order valence-corrected chi connectivity index (χ1v) is 4.81.